The Balaban J connectivity index is 0.00000289. The molecule has 1 aliphatic heterocycles. The molecule has 9 heteroatoms. The van der Waals surface area contributed by atoms with Crippen molar-refractivity contribution in [2.45, 2.75) is 19.6 Å². The van der Waals surface area contributed by atoms with E-state index in [1.807, 2.05) is 48.5 Å². The predicted octanol–water partition coefficient (Wildman–Crippen LogP) is 3.95. The van der Waals surface area contributed by atoms with E-state index >= 15 is 0 Å². The second-order valence-corrected chi connectivity index (χ2v) is 7.35. The number of benzene rings is 2. The first kappa shape index (κ1) is 24.0. The van der Waals surface area contributed by atoms with Gasteiger partial charge in [-0.1, -0.05) is 30.3 Å². The Labute approximate surface area is 204 Å². The standard InChI is InChI=1S/C23H26FN5O2.HI/c1-25-23(26-9-8-17-10-19(24)11-18-14-30-15-31-22(17)18)29(2)13-21-27-12-20(28-21)16-6-4-3-5-7-16;/h3-7,10-12H,8-9,13-15H2,1-2H3,(H,25,26)(H,27,28);1H. The highest BCUT2D eigenvalue weighted by Crippen LogP contribution is 2.29. The molecule has 170 valence electrons. The quantitative estimate of drug-likeness (QED) is 0.276. The molecule has 3 aromatic rings. The molecule has 2 N–H and O–H groups in total. The zero-order valence-corrected chi connectivity index (χ0v) is 20.4. The van der Waals surface area contributed by atoms with Crippen molar-refractivity contribution in [2.24, 2.45) is 4.99 Å². The minimum atomic E-state index is -0.281. The van der Waals surface area contributed by atoms with Crippen LogP contribution in [0.5, 0.6) is 5.75 Å². The van der Waals surface area contributed by atoms with Gasteiger partial charge in [0.25, 0.3) is 0 Å². The Kier molecular flexibility index (Phi) is 8.46. The number of fused-ring (bicyclic) bond motifs is 1. The Morgan fingerprint density at radius 3 is 2.88 bits per heavy atom. The SMILES string of the molecule is CN=C(NCCc1cc(F)cc2c1OCOC2)N(C)Cc1ncc(-c2ccccc2)[nH]1.I. The topological polar surface area (TPSA) is 74.8 Å². The molecule has 2 heterocycles. The summed E-state index contributed by atoms with van der Waals surface area (Å²) in [6.45, 7) is 1.72. The van der Waals surface area contributed by atoms with E-state index in [1.165, 1.54) is 12.1 Å². The summed E-state index contributed by atoms with van der Waals surface area (Å²) in [6.07, 6.45) is 2.44. The van der Waals surface area contributed by atoms with Gasteiger partial charge >= 0.3 is 0 Å². The van der Waals surface area contributed by atoms with Crippen LogP contribution in [0.1, 0.15) is 17.0 Å². The molecule has 0 bridgehead atoms. The van der Waals surface area contributed by atoms with Gasteiger partial charge in [0, 0.05) is 26.2 Å². The lowest BCUT2D eigenvalue weighted by atomic mass is 10.1. The van der Waals surface area contributed by atoms with Gasteiger partial charge in [-0.05, 0) is 29.7 Å². The molecule has 0 amide bonds. The van der Waals surface area contributed by atoms with Crippen LogP contribution < -0.4 is 10.1 Å². The first-order valence-corrected chi connectivity index (χ1v) is 10.2. The van der Waals surface area contributed by atoms with Gasteiger partial charge in [-0.15, -0.1) is 24.0 Å². The highest BCUT2D eigenvalue weighted by atomic mass is 127. The summed E-state index contributed by atoms with van der Waals surface area (Å²) < 4.78 is 24.8. The third kappa shape index (κ3) is 5.77. The fourth-order valence-electron chi connectivity index (χ4n) is 3.64. The largest absolute Gasteiger partial charge is 0.467 e. The van der Waals surface area contributed by atoms with Crippen molar-refractivity contribution in [3.8, 4) is 17.0 Å². The Morgan fingerprint density at radius 2 is 2.09 bits per heavy atom. The predicted molar refractivity (Wildman–Crippen MR) is 133 cm³/mol. The number of nitrogens with one attached hydrogen (secondary N) is 2. The number of hydrogen-bond acceptors (Lipinski definition) is 4. The van der Waals surface area contributed by atoms with Crippen LogP contribution in [-0.4, -0.2) is 48.3 Å². The molecule has 1 aromatic heterocycles. The van der Waals surface area contributed by atoms with E-state index in [1.54, 1.807) is 7.05 Å². The van der Waals surface area contributed by atoms with E-state index in [4.69, 9.17) is 9.47 Å². The summed E-state index contributed by atoms with van der Waals surface area (Å²) in [5, 5.41) is 3.33. The molecule has 0 aliphatic carbocycles. The summed E-state index contributed by atoms with van der Waals surface area (Å²) >= 11 is 0. The maximum atomic E-state index is 13.9. The molecule has 4 rings (SSSR count). The Morgan fingerprint density at radius 1 is 1.28 bits per heavy atom. The molecule has 0 spiro atoms. The summed E-state index contributed by atoms with van der Waals surface area (Å²) in [6, 6.07) is 13.1. The minimum absolute atomic E-state index is 0. The molecule has 1 aliphatic rings. The van der Waals surface area contributed by atoms with Crippen molar-refractivity contribution < 1.29 is 13.9 Å². The number of aromatic nitrogens is 2. The Bertz CT molecular complexity index is 1060. The molecule has 0 saturated carbocycles. The third-order valence-corrected chi connectivity index (χ3v) is 5.10. The van der Waals surface area contributed by atoms with Crippen LogP contribution in [0.15, 0.2) is 53.7 Å². The number of nitrogens with zero attached hydrogens (tertiary/aromatic N) is 3. The minimum Gasteiger partial charge on any atom is -0.467 e. The van der Waals surface area contributed by atoms with Crippen LogP contribution in [0.2, 0.25) is 0 Å². The van der Waals surface area contributed by atoms with Crippen molar-refractivity contribution in [2.75, 3.05) is 27.4 Å². The van der Waals surface area contributed by atoms with Gasteiger partial charge in [-0.2, -0.15) is 0 Å². The molecule has 7 nitrogen and oxygen atoms in total. The second-order valence-electron chi connectivity index (χ2n) is 7.35. The van der Waals surface area contributed by atoms with Crippen molar-refractivity contribution in [1.82, 2.24) is 20.2 Å². The fraction of sp³-hybridized carbons (Fsp3) is 0.304. The number of imidazole rings is 1. The lowest BCUT2D eigenvalue weighted by molar-refractivity contribution is -0.0172. The zero-order chi connectivity index (χ0) is 21.6. The van der Waals surface area contributed by atoms with E-state index in [0.29, 0.717) is 26.1 Å². The van der Waals surface area contributed by atoms with Crippen LogP contribution in [0.25, 0.3) is 11.3 Å². The highest BCUT2D eigenvalue weighted by molar-refractivity contribution is 14.0. The molecule has 0 saturated heterocycles. The van der Waals surface area contributed by atoms with E-state index in [2.05, 4.69) is 20.3 Å². The van der Waals surface area contributed by atoms with Crippen LogP contribution in [-0.2, 0) is 24.3 Å². The number of H-pyrrole nitrogens is 1. The molecule has 32 heavy (non-hydrogen) atoms. The number of guanidine groups is 1. The first-order chi connectivity index (χ1) is 15.1. The van der Waals surface area contributed by atoms with Crippen LogP contribution >= 0.6 is 24.0 Å². The monoisotopic (exact) mass is 551 g/mol. The smallest absolute Gasteiger partial charge is 0.193 e. The van der Waals surface area contributed by atoms with Gasteiger partial charge in [0.05, 0.1) is 25.0 Å². The number of hydrogen-bond donors (Lipinski definition) is 2. The number of halogens is 2. The van der Waals surface area contributed by atoms with Crippen molar-refractivity contribution in [3.05, 3.63) is 71.4 Å². The number of rotatable bonds is 6. The van der Waals surface area contributed by atoms with Gasteiger partial charge in [0.15, 0.2) is 12.8 Å². The average Bonchev–Trinajstić information content (AvgIpc) is 3.25. The van der Waals surface area contributed by atoms with Gasteiger partial charge < -0.3 is 24.7 Å². The summed E-state index contributed by atoms with van der Waals surface area (Å²) in [5.74, 6) is 2.02. The average molecular weight is 551 g/mol. The van der Waals surface area contributed by atoms with E-state index in [0.717, 1.165) is 39.9 Å². The van der Waals surface area contributed by atoms with Gasteiger partial charge in [-0.3, -0.25) is 4.99 Å². The molecule has 0 fully saturated rings. The molecular weight excluding hydrogens is 524 g/mol. The number of ether oxygens (including phenoxy) is 2. The lowest BCUT2D eigenvalue weighted by Crippen LogP contribution is -2.39. The summed E-state index contributed by atoms with van der Waals surface area (Å²) in [5.41, 5.74) is 3.64. The molecular formula is C23H27FIN5O2. The van der Waals surface area contributed by atoms with Crippen LogP contribution in [0, 0.1) is 5.82 Å². The van der Waals surface area contributed by atoms with E-state index < -0.39 is 0 Å². The third-order valence-electron chi connectivity index (χ3n) is 5.10. The highest BCUT2D eigenvalue weighted by Gasteiger charge is 2.17. The van der Waals surface area contributed by atoms with E-state index in [9.17, 15) is 4.39 Å². The van der Waals surface area contributed by atoms with Crippen molar-refractivity contribution >= 4 is 29.9 Å². The number of aromatic amines is 1. The first-order valence-electron chi connectivity index (χ1n) is 10.2. The molecule has 0 atom stereocenters. The fourth-order valence-corrected chi connectivity index (χ4v) is 3.64. The van der Waals surface area contributed by atoms with E-state index in [-0.39, 0.29) is 36.6 Å². The van der Waals surface area contributed by atoms with Crippen LogP contribution in [0.3, 0.4) is 0 Å². The summed E-state index contributed by atoms with van der Waals surface area (Å²) in [7, 11) is 3.69. The van der Waals surface area contributed by atoms with Crippen molar-refractivity contribution in [3.63, 3.8) is 0 Å². The maximum absolute atomic E-state index is 13.9. The zero-order valence-electron chi connectivity index (χ0n) is 18.1. The summed E-state index contributed by atoms with van der Waals surface area (Å²) in [4.78, 5) is 14.2. The maximum Gasteiger partial charge on any atom is 0.193 e. The normalized spacial score (nSPS) is 13.0. The second kappa shape index (κ2) is 11.3. The van der Waals surface area contributed by atoms with Gasteiger partial charge in [-0.25, -0.2) is 9.37 Å². The van der Waals surface area contributed by atoms with Crippen LogP contribution in [0.4, 0.5) is 4.39 Å². The Hall–Kier alpha value is -2.66. The van der Waals surface area contributed by atoms with Gasteiger partial charge in [0.2, 0.25) is 0 Å². The van der Waals surface area contributed by atoms with Crippen molar-refractivity contribution in [1.29, 1.82) is 0 Å². The molecule has 0 radical (unpaired) electrons. The molecule has 0 unspecified atom stereocenters. The number of aliphatic imine (C=N–C) groups is 1. The van der Waals surface area contributed by atoms with Gasteiger partial charge in [0.1, 0.15) is 17.4 Å². The molecule has 2 aromatic carbocycles. The lowest BCUT2D eigenvalue weighted by Gasteiger charge is -2.23.